The summed E-state index contributed by atoms with van der Waals surface area (Å²) in [7, 11) is 0. The molecular formula is C23H30N6O. The van der Waals surface area contributed by atoms with Crippen molar-refractivity contribution in [3.05, 3.63) is 54.1 Å². The fourth-order valence-corrected chi connectivity index (χ4v) is 4.22. The number of hydrogen-bond acceptors (Lipinski definition) is 5. The van der Waals surface area contributed by atoms with Crippen LogP contribution in [0.2, 0.25) is 0 Å². The molecule has 1 fully saturated rings. The second kappa shape index (κ2) is 9.80. The minimum Gasteiger partial charge on any atom is -0.354 e. The van der Waals surface area contributed by atoms with Crippen molar-refractivity contribution < 1.29 is 4.79 Å². The highest BCUT2D eigenvalue weighted by atomic mass is 16.1. The molecule has 0 aromatic carbocycles. The zero-order valence-corrected chi connectivity index (χ0v) is 17.6. The number of pyridine rings is 2. The van der Waals surface area contributed by atoms with Crippen LogP contribution in [-0.4, -0.2) is 50.2 Å². The molecule has 1 saturated heterocycles. The summed E-state index contributed by atoms with van der Waals surface area (Å²) in [6.45, 7) is 6.34. The second-order valence-corrected chi connectivity index (χ2v) is 7.99. The molecule has 0 unspecified atom stereocenters. The molecule has 1 N–H and O–H groups in total. The molecule has 1 amide bonds. The summed E-state index contributed by atoms with van der Waals surface area (Å²) in [4.78, 5) is 22.9. The van der Waals surface area contributed by atoms with Crippen LogP contribution in [0.1, 0.15) is 49.8 Å². The van der Waals surface area contributed by atoms with Crippen LogP contribution >= 0.6 is 0 Å². The molecule has 1 aliphatic heterocycles. The standard InChI is InChI=1S/C23H30N6O/c1-2-4-21(30)25-13-16-29-23-20(5-3-10-26-23)22(27-29)19-8-14-28(15-9-19)17-18-6-11-24-12-7-18/h3,5-7,10-12,19H,2,4,8-9,13-17H2,1H3,(H,25,30). The third-order valence-corrected chi connectivity index (χ3v) is 5.79. The maximum Gasteiger partial charge on any atom is 0.220 e. The normalized spacial score (nSPS) is 15.5. The van der Waals surface area contributed by atoms with E-state index in [2.05, 4.69) is 38.4 Å². The third-order valence-electron chi connectivity index (χ3n) is 5.79. The average Bonchev–Trinajstić information content (AvgIpc) is 3.14. The van der Waals surface area contributed by atoms with Crippen molar-refractivity contribution in [2.45, 2.75) is 51.6 Å². The van der Waals surface area contributed by atoms with Gasteiger partial charge in [0.05, 0.1) is 12.2 Å². The molecule has 7 nitrogen and oxygen atoms in total. The van der Waals surface area contributed by atoms with Gasteiger partial charge in [0, 0.05) is 49.4 Å². The van der Waals surface area contributed by atoms with Crippen LogP contribution in [0, 0.1) is 0 Å². The van der Waals surface area contributed by atoms with Crippen LogP contribution in [-0.2, 0) is 17.9 Å². The minimum atomic E-state index is 0.101. The smallest absolute Gasteiger partial charge is 0.220 e. The van der Waals surface area contributed by atoms with E-state index >= 15 is 0 Å². The van der Waals surface area contributed by atoms with E-state index in [1.807, 2.05) is 36.3 Å². The maximum absolute atomic E-state index is 11.7. The lowest BCUT2D eigenvalue weighted by atomic mass is 9.92. The SMILES string of the molecule is CCCC(=O)NCCn1nc(C2CCN(Cc3ccncc3)CC2)c2cccnc21. The van der Waals surface area contributed by atoms with Gasteiger partial charge in [-0.2, -0.15) is 5.10 Å². The highest BCUT2D eigenvalue weighted by Gasteiger charge is 2.25. The first-order chi connectivity index (χ1) is 14.7. The quantitative estimate of drug-likeness (QED) is 0.622. The van der Waals surface area contributed by atoms with E-state index in [1.54, 1.807) is 0 Å². The van der Waals surface area contributed by atoms with Crippen molar-refractivity contribution in [1.29, 1.82) is 0 Å². The van der Waals surface area contributed by atoms with E-state index in [9.17, 15) is 4.79 Å². The van der Waals surface area contributed by atoms with Gasteiger partial charge >= 0.3 is 0 Å². The molecule has 3 aromatic heterocycles. The Morgan fingerprint density at radius 1 is 1.17 bits per heavy atom. The Bertz CT molecular complexity index is 962. The molecule has 0 atom stereocenters. The first kappa shape index (κ1) is 20.5. The van der Waals surface area contributed by atoms with Gasteiger partial charge in [0.1, 0.15) is 0 Å². The van der Waals surface area contributed by atoms with Crippen molar-refractivity contribution in [1.82, 2.24) is 30.0 Å². The number of nitrogens with zero attached hydrogens (tertiary/aromatic N) is 5. The monoisotopic (exact) mass is 406 g/mol. The van der Waals surface area contributed by atoms with E-state index in [-0.39, 0.29) is 5.91 Å². The molecule has 158 valence electrons. The van der Waals surface area contributed by atoms with Gasteiger partial charge in [-0.05, 0) is 62.2 Å². The Hall–Kier alpha value is -2.80. The number of carbonyl (C=O) groups is 1. The number of hydrogen-bond donors (Lipinski definition) is 1. The number of carbonyl (C=O) groups excluding carboxylic acids is 1. The van der Waals surface area contributed by atoms with Crippen LogP contribution in [0.25, 0.3) is 11.0 Å². The topological polar surface area (TPSA) is 75.9 Å². The summed E-state index contributed by atoms with van der Waals surface area (Å²) in [6.07, 6.45) is 9.16. The van der Waals surface area contributed by atoms with E-state index < -0.39 is 0 Å². The lowest BCUT2D eigenvalue weighted by Crippen LogP contribution is -2.32. The zero-order valence-electron chi connectivity index (χ0n) is 17.6. The molecule has 4 heterocycles. The fourth-order valence-electron chi connectivity index (χ4n) is 4.22. The maximum atomic E-state index is 11.7. The Labute approximate surface area is 177 Å². The highest BCUT2D eigenvalue weighted by Crippen LogP contribution is 2.32. The Balaban J connectivity index is 1.41. The Morgan fingerprint density at radius 3 is 2.73 bits per heavy atom. The number of aromatic nitrogens is 4. The van der Waals surface area contributed by atoms with Crippen molar-refractivity contribution >= 4 is 16.9 Å². The number of piperidine rings is 1. The molecule has 0 radical (unpaired) electrons. The summed E-state index contributed by atoms with van der Waals surface area (Å²) in [5, 5.41) is 9.06. The molecular weight excluding hydrogens is 376 g/mol. The van der Waals surface area contributed by atoms with Gasteiger partial charge in [0.2, 0.25) is 5.91 Å². The van der Waals surface area contributed by atoms with E-state index in [0.717, 1.165) is 55.6 Å². The molecule has 0 bridgehead atoms. The van der Waals surface area contributed by atoms with Crippen LogP contribution in [0.3, 0.4) is 0 Å². The van der Waals surface area contributed by atoms with Gasteiger partial charge in [-0.15, -0.1) is 0 Å². The highest BCUT2D eigenvalue weighted by molar-refractivity contribution is 5.79. The van der Waals surface area contributed by atoms with Crippen LogP contribution in [0.4, 0.5) is 0 Å². The van der Waals surface area contributed by atoms with Crippen molar-refractivity contribution in [2.75, 3.05) is 19.6 Å². The van der Waals surface area contributed by atoms with Crippen molar-refractivity contribution in [3.8, 4) is 0 Å². The number of amides is 1. The van der Waals surface area contributed by atoms with E-state index in [1.165, 1.54) is 5.56 Å². The van der Waals surface area contributed by atoms with Crippen LogP contribution in [0.5, 0.6) is 0 Å². The summed E-state index contributed by atoms with van der Waals surface area (Å²) in [5.41, 5.74) is 3.38. The summed E-state index contributed by atoms with van der Waals surface area (Å²) >= 11 is 0. The van der Waals surface area contributed by atoms with Gasteiger partial charge in [-0.3, -0.25) is 14.7 Å². The zero-order chi connectivity index (χ0) is 20.8. The molecule has 1 aliphatic rings. The fraction of sp³-hybridized carbons (Fsp3) is 0.478. The Morgan fingerprint density at radius 2 is 1.97 bits per heavy atom. The van der Waals surface area contributed by atoms with E-state index in [0.29, 0.717) is 25.4 Å². The number of fused-ring (bicyclic) bond motifs is 1. The molecule has 30 heavy (non-hydrogen) atoms. The van der Waals surface area contributed by atoms with Gasteiger partial charge in [0.15, 0.2) is 5.65 Å². The van der Waals surface area contributed by atoms with Crippen LogP contribution in [0.15, 0.2) is 42.9 Å². The summed E-state index contributed by atoms with van der Waals surface area (Å²) in [6, 6.07) is 8.29. The number of nitrogens with one attached hydrogen (secondary N) is 1. The number of likely N-dealkylation sites (tertiary alicyclic amines) is 1. The molecule has 0 spiro atoms. The lowest BCUT2D eigenvalue weighted by Gasteiger charge is -2.31. The molecule has 4 rings (SSSR count). The molecule has 7 heteroatoms. The first-order valence-electron chi connectivity index (χ1n) is 10.9. The van der Waals surface area contributed by atoms with E-state index in [4.69, 9.17) is 5.10 Å². The Kier molecular flexibility index (Phi) is 6.69. The minimum absolute atomic E-state index is 0.101. The average molecular weight is 407 g/mol. The van der Waals surface area contributed by atoms with Crippen molar-refractivity contribution in [2.24, 2.45) is 0 Å². The first-order valence-corrected chi connectivity index (χ1v) is 10.9. The van der Waals surface area contributed by atoms with Crippen LogP contribution < -0.4 is 5.32 Å². The second-order valence-electron chi connectivity index (χ2n) is 7.99. The molecule has 0 saturated carbocycles. The third kappa shape index (κ3) is 4.84. The van der Waals surface area contributed by atoms with Gasteiger partial charge in [0.25, 0.3) is 0 Å². The predicted octanol–water partition coefficient (Wildman–Crippen LogP) is 3.12. The van der Waals surface area contributed by atoms with Gasteiger partial charge in [-0.25, -0.2) is 9.67 Å². The predicted molar refractivity (Wildman–Crippen MR) is 117 cm³/mol. The molecule has 3 aromatic rings. The summed E-state index contributed by atoms with van der Waals surface area (Å²) in [5.74, 6) is 0.546. The van der Waals surface area contributed by atoms with Gasteiger partial charge in [-0.1, -0.05) is 6.92 Å². The largest absolute Gasteiger partial charge is 0.354 e. The molecule has 0 aliphatic carbocycles. The van der Waals surface area contributed by atoms with Gasteiger partial charge < -0.3 is 5.32 Å². The van der Waals surface area contributed by atoms with Crippen molar-refractivity contribution in [3.63, 3.8) is 0 Å². The number of rotatable bonds is 8. The lowest BCUT2D eigenvalue weighted by molar-refractivity contribution is -0.121. The summed E-state index contributed by atoms with van der Waals surface area (Å²) < 4.78 is 1.96.